The number of Topliss-reactive ketones (excluding diaryl/α,β-unsaturated/α-hetero) is 1. The third-order valence-corrected chi connectivity index (χ3v) is 3.09. The smallest absolute Gasteiger partial charge is 0.329 e. The first-order valence-corrected chi connectivity index (χ1v) is 7.05. The highest BCUT2D eigenvalue weighted by Crippen LogP contribution is 2.23. The van der Waals surface area contributed by atoms with Crippen molar-refractivity contribution >= 4 is 35.5 Å². The fourth-order valence-corrected chi connectivity index (χ4v) is 1.45. The minimum absolute atomic E-state index is 0.0823. The molecule has 0 spiro atoms. The zero-order valence-electron chi connectivity index (χ0n) is 13.4. The van der Waals surface area contributed by atoms with Crippen molar-refractivity contribution in [3.8, 4) is 0 Å². The molecular weight excluding hydrogens is 326 g/mol. The molecule has 0 aromatic heterocycles. The Kier molecular flexibility index (Phi) is 6.15. The van der Waals surface area contributed by atoms with Gasteiger partial charge in [0.2, 0.25) is 0 Å². The van der Waals surface area contributed by atoms with E-state index in [1.54, 1.807) is 0 Å². The van der Waals surface area contributed by atoms with E-state index in [0.29, 0.717) is 0 Å². The quantitative estimate of drug-likeness (QED) is 0.282. The second kappa shape index (κ2) is 7.66. The van der Waals surface area contributed by atoms with Gasteiger partial charge in [0.25, 0.3) is 11.8 Å². The maximum absolute atomic E-state index is 12.0. The van der Waals surface area contributed by atoms with Crippen LogP contribution in [0, 0.1) is 5.41 Å². The van der Waals surface area contributed by atoms with Gasteiger partial charge in [-0.1, -0.05) is 0 Å². The van der Waals surface area contributed by atoms with Gasteiger partial charge in [0.1, 0.15) is 5.78 Å². The summed E-state index contributed by atoms with van der Waals surface area (Å²) in [6.45, 7) is 3.48. The maximum Gasteiger partial charge on any atom is 0.372 e. The van der Waals surface area contributed by atoms with Crippen LogP contribution < -0.4 is 0 Å². The molecule has 1 aliphatic heterocycles. The van der Waals surface area contributed by atoms with Crippen LogP contribution in [0.1, 0.15) is 46.5 Å². The van der Waals surface area contributed by atoms with E-state index in [1.165, 1.54) is 6.92 Å². The van der Waals surface area contributed by atoms with Crippen molar-refractivity contribution in [2.24, 2.45) is 5.41 Å². The van der Waals surface area contributed by atoms with Gasteiger partial charge in [-0.2, -0.15) is 0 Å². The SMILES string of the molecule is CC(=O)CCC(=O)OOC(=O)C(C)(C)C(=O)ON1C(=O)CCC1=O. The topological polar surface area (TPSA) is 133 Å². The summed E-state index contributed by atoms with van der Waals surface area (Å²) in [5, 5.41) is 0.288. The average Bonchev–Trinajstić information content (AvgIpc) is 2.82. The van der Waals surface area contributed by atoms with Crippen LogP contribution in [0.25, 0.3) is 0 Å². The Labute approximate surface area is 136 Å². The molecule has 0 bridgehead atoms. The van der Waals surface area contributed by atoms with Gasteiger partial charge in [-0.25, -0.2) is 24.2 Å². The predicted molar refractivity (Wildman–Crippen MR) is 73.1 cm³/mol. The Morgan fingerprint density at radius 1 is 0.958 bits per heavy atom. The molecular formula is C14H17NO9. The number of ketones is 1. The minimum atomic E-state index is -1.94. The number of hydroxylamine groups is 2. The van der Waals surface area contributed by atoms with Gasteiger partial charge in [-0.3, -0.25) is 9.59 Å². The Bertz CT molecular complexity index is 577. The predicted octanol–water partition coefficient (Wildman–Crippen LogP) is -0.00960. The molecule has 0 N–H and O–H groups in total. The molecule has 1 saturated heterocycles. The first-order valence-electron chi connectivity index (χ1n) is 7.05. The number of rotatable bonds is 6. The largest absolute Gasteiger partial charge is 0.372 e. The standard InChI is InChI=1S/C14H17NO9/c1-8(16)4-7-11(19)23-24-13(21)14(2,3)12(20)22-15-9(17)5-6-10(15)18/h4-7H2,1-3H3. The van der Waals surface area contributed by atoms with Gasteiger partial charge in [-0.15, -0.1) is 5.06 Å². The molecule has 0 aromatic carbocycles. The fourth-order valence-electron chi connectivity index (χ4n) is 1.45. The molecule has 0 atom stereocenters. The van der Waals surface area contributed by atoms with Crippen molar-refractivity contribution in [3.05, 3.63) is 0 Å². The zero-order chi connectivity index (χ0) is 18.5. The van der Waals surface area contributed by atoms with Crippen LogP contribution in [0.3, 0.4) is 0 Å². The number of carbonyl (C=O) groups is 6. The van der Waals surface area contributed by atoms with Crippen LogP contribution >= 0.6 is 0 Å². The summed E-state index contributed by atoms with van der Waals surface area (Å²) in [7, 11) is 0. The van der Waals surface area contributed by atoms with Gasteiger partial charge in [-0.05, 0) is 20.8 Å². The number of nitrogens with zero attached hydrogens (tertiary/aromatic N) is 1. The minimum Gasteiger partial charge on any atom is -0.329 e. The van der Waals surface area contributed by atoms with Gasteiger partial charge >= 0.3 is 17.9 Å². The molecule has 2 amide bonds. The van der Waals surface area contributed by atoms with Crippen LogP contribution in [0.4, 0.5) is 0 Å². The highest BCUT2D eigenvalue weighted by atomic mass is 17.2. The van der Waals surface area contributed by atoms with Gasteiger partial charge < -0.3 is 9.63 Å². The van der Waals surface area contributed by atoms with Crippen LogP contribution in [0.2, 0.25) is 0 Å². The maximum atomic E-state index is 12.0. The Morgan fingerprint density at radius 3 is 2.00 bits per heavy atom. The fraction of sp³-hybridized carbons (Fsp3) is 0.571. The number of imide groups is 1. The molecule has 1 rings (SSSR count). The number of amides is 2. The lowest BCUT2D eigenvalue weighted by Gasteiger charge is -2.21. The summed E-state index contributed by atoms with van der Waals surface area (Å²) in [5.41, 5.74) is -1.94. The van der Waals surface area contributed by atoms with Crippen LogP contribution in [0.15, 0.2) is 0 Å². The van der Waals surface area contributed by atoms with Gasteiger partial charge in [0.05, 0.1) is 6.42 Å². The lowest BCUT2D eigenvalue weighted by molar-refractivity contribution is -0.267. The average molecular weight is 343 g/mol. The third kappa shape index (κ3) is 4.86. The molecule has 1 heterocycles. The van der Waals surface area contributed by atoms with Crippen molar-refractivity contribution in [1.82, 2.24) is 5.06 Å². The highest BCUT2D eigenvalue weighted by Gasteiger charge is 2.45. The summed E-state index contributed by atoms with van der Waals surface area (Å²) in [5.74, 6) is -5.10. The summed E-state index contributed by atoms with van der Waals surface area (Å²) in [6.07, 6.45) is -0.555. The second-order valence-electron chi connectivity index (χ2n) is 5.61. The molecule has 1 aliphatic rings. The van der Waals surface area contributed by atoms with Crippen molar-refractivity contribution < 1.29 is 43.4 Å². The molecule has 0 radical (unpaired) electrons. The number of hydrogen-bond acceptors (Lipinski definition) is 9. The molecule has 132 valence electrons. The molecule has 0 saturated carbocycles. The van der Waals surface area contributed by atoms with Gasteiger partial charge in [0.15, 0.2) is 5.41 Å². The van der Waals surface area contributed by atoms with Gasteiger partial charge in [0, 0.05) is 19.3 Å². The van der Waals surface area contributed by atoms with E-state index in [-0.39, 0.29) is 36.5 Å². The summed E-state index contributed by atoms with van der Waals surface area (Å²) in [6, 6.07) is 0. The second-order valence-corrected chi connectivity index (χ2v) is 5.61. The molecule has 24 heavy (non-hydrogen) atoms. The molecule has 0 aromatic rings. The summed E-state index contributed by atoms with van der Waals surface area (Å²) in [4.78, 5) is 81.6. The van der Waals surface area contributed by atoms with Crippen molar-refractivity contribution in [3.63, 3.8) is 0 Å². The van der Waals surface area contributed by atoms with E-state index < -0.39 is 35.1 Å². The first-order chi connectivity index (χ1) is 11.1. The normalized spacial score (nSPS) is 14.4. The van der Waals surface area contributed by atoms with E-state index in [1.807, 2.05) is 0 Å². The zero-order valence-corrected chi connectivity index (χ0v) is 13.4. The molecule has 10 heteroatoms. The number of carbonyl (C=O) groups excluding carboxylic acids is 6. The lowest BCUT2D eigenvalue weighted by Crippen LogP contribution is -2.42. The highest BCUT2D eigenvalue weighted by molar-refractivity contribution is 6.04. The van der Waals surface area contributed by atoms with Crippen molar-refractivity contribution in [1.29, 1.82) is 0 Å². The Balaban J connectivity index is 2.56. The third-order valence-electron chi connectivity index (χ3n) is 3.09. The van der Waals surface area contributed by atoms with E-state index in [2.05, 4.69) is 14.6 Å². The van der Waals surface area contributed by atoms with E-state index >= 15 is 0 Å². The molecule has 1 fully saturated rings. The Morgan fingerprint density at radius 2 is 1.50 bits per heavy atom. The Hall–Kier alpha value is -2.78. The molecule has 0 aliphatic carbocycles. The summed E-state index contributed by atoms with van der Waals surface area (Å²) < 4.78 is 0. The summed E-state index contributed by atoms with van der Waals surface area (Å²) >= 11 is 0. The van der Waals surface area contributed by atoms with E-state index in [0.717, 1.165) is 13.8 Å². The molecule has 0 unspecified atom stereocenters. The van der Waals surface area contributed by atoms with E-state index in [9.17, 15) is 28.8 Å². The van der Waals surface area contributed by atoms with Crippen molar-refractivity contribution in [2.45, 2.75) is 46.5 Å². The van der Waals surface area contributed by atoms with Crippen molar-refractivity contribution in [2.75, 3.05) is 0 Å². The van der Waals surface area contributed by atoms with Crippen LogP contribution in [-0.2, 0) is 43.4 Å². The first kappa shape index (κ1) is 19.3. The van der Waals surface area contributed by atoms with Crippen LogP contribution in [0.5, 0.6) is 0 Å². The molecule has 10 nitrogen and oxygen atoms in total. The van der Waals surface area contributed by atoms with Crippen LogP contribution in [-0.4, -0.2) is 40.6 Å². The monoisotopic (exact) mass is 343 g/mol. The van der Waals surface area contributed by atoms with E-state index in [4.69, 9.17) is 0 Å². The number of hydrogen-bond donors (Lipinski definition) is 0. The lowest BCUT2D eigenvalue weighted by atomic mass is 9.94.